The van der Waals surface area contributed by atoms with E-state index in [1.165, 1.54) is 25.3 Å². The number of hydrogen-bond acceptors (Lipinski definition) is 4. The van der Waals surface area contributed by atoms with Crippen LogP contribution >= 0.6 is 0 Å². The Bertz CT molecular complexity index is 448. The molecule has 0 radical (unpaired) electrons. The smallest absolute Gasteiger partial charge is 0.328 e. The van der Waals surface area contributed by atoms with Crippen LogP contribution in [-0.4, -0.2) is 29.6 Å². The minimum atomic E-state index is -1.14. The van der Waals surface area contributed by atoms with E-state index in [1.807, 2.05) is 0 Å². The summed E-state index contributed by atoms with van der Waals surface area (Å²) in [4.78, 5) is 20.9. The van der Waals surface area contributed by atoms with Crippen LogP contribution in [0.15, 0.2) is 18.2 Å². The van der Waals surface area contributed by atoms with Crippen molar-refractivity contribution in [1.82, 2.24) is 0 Å². The molecule has 0 spiro atoms. The fourth-order valence-electron chi connectivity index (χ4n) is 1.16. The minimum absolute atomic E-state index is 0.120. The van der Waals surface area contributed by atoms with Gasteiger partial charge in [-0.15, -0.1) is 0 Å². The van der Waals surface area contributed by atoms with E-state index in [1.54, 1.807) is 0 Å². The minimum Gasteiger partial charge on any atom is -0.504 e. The third-order valence-electron chi connectivity index (χ3n) is 1.89. The average Bonchev–Trinajstić information content (AvgIpc) is 2.27. The van der Waals surface area contributed by atoms with Gasteiger partial charge in [0.1, 0.15) is 6.29 Å². The zero-order chi connectivity index (χ0) is 12.1. The molecule has 2 N–H and O–H groups in total. The Morgan fingerprint density at radius 3 is 2.62 bits per heavy atom. The highest BCUT2D eigenvalue weighted by Gasteiger charge is 2.08. The van der Waals surface area contributed by atoms with Crippen molar-refractivity contribution in [2.75, 3.05) is 7.11 Å². The molecule has 0 aliphatic carbocycles. The van der Waals surface area contributed by atoms with Crippen LogP contribution in [0.3, 0.4) is 0 Å². The highest BCUT2D eigenvalue weighted by atomic mass is 16.5. The fourth-order valence-corrected chi connectivity index (χ4v) is 1.16. The van der Waals surface area contributed by atoms with E-state index >= 15 is 0 Å². The number of ether oxygens (including phenoxy) is 1. The first kappa shape index (κ1) is 11.8. The van der Waals surface area contributed by atoms with Gasteiger partial charge in [-0.3, -0.25) is 4.79 Å². The second kappa shape index (κ2) is 4.97. The molecule has 84 valence electrons. The molecule has 0 bridgehead atoms. The largest absolute Gasteiger partial charge is 0.504 e. The number of hydrogen-bond donors (Lipinski definition) is 2. The van der Waals surface area contributed by atoms with E-state index in [2.05, 4.69) is 0 Å². The summed E-state index contributed by atoms with van der Waals surface area (Å²) in [7, 11) is 1.34. The van der Waals surface area contributed by atoms with Crippen molar-refractivity contribution in [3.8, 4) is 11.5 Å². The molecule has 5 nitrogen and oxygen atoms in total. The number of methoxy groups -OCH3 is 1. The molecule has 0 amide bonds. The van der Waals surface area contributed by atoms with Gasteiger partial charge in [-0.05, 0) is 18.2 Å². The lowest BCUT2D eigenvalue weighted by molar-refractivity contribution is -0.131. The molecule has 16 heavy (non-hydrogen) atoms. The van der Waals surface area contributed by atoms with Crippen molar-refractivity contribution in [3.05, 3.63) is 29.3 Å². The molecule has 0 saturated carbocycles. The lowest BCUT2D eigenvalue weighted by atomic mass is 10.1. The highest BCUT2D eigenvalue weighted by molar-refractivity contribution is 5.87. The maximum absolute atomic E-state index is 10.6. The zero-order valence-corrected chi connectivity index (χ0v) is 8.51. The predicted octanol–water partition coefficient (Wildman–Crippen LogP) is 1.31. The average molecular weight is 222 g/mol. The molecular formula is C11H10O5. The van der Waals surface area contributed by atoms with Crippen LogP contribution in [0.1, 0.15) is 15.9 Å². The Hall–Kier alpha value is -2.30. The molecule has 0 atom stereocenters. The number of carbonyl (C=O) groups is 2. The number of phenols is 1. The van der Waals surface area contributed by atoms with Crippen LogP contribution in [0.4, 0.5) is 0 Å². The molecule has 0 heterocycles. The summed E-state index contributed by atoms with van der Waals surface area (Å²) in [6.07, 6.45) is 2.64. The standard InChI is InChI=1S/C11H10O5/c1-16-9-5-7(6-12)4-8(11(9)15)2-3-10(13)14/h2-6,15H,1H3,(H,13,14). The first-order chi connectivity index (χ1) is 7.58. The van der Waals surface area contributed by atoms with Gasteiger partial charge in [0, 0.05) is 17.2 Å². The third-order valence-corrected chi connectivity index (χ3v) is 1.89. The van der Waals surface area contributed by atoms with Gasteiger partial charge >= 0.3 is 5.97 Å². The van der Waals surface area contributed by atoms with E-state index in [-0.39, 0.29) is 17.1 Å². The number of carboxylic acids is 1. The third kappa shape index (κ3) is 2.60. The Morgan fingerprint density at radius 1 is 1.44 bits per heavy atom. The zero-order valence-electron chi connectivity index (χ0n) is 8.51. The Labute approximate surface area is 91.6 Å². The van der Waals surface area contributed by atoms with E-state index in [0.29, 0.717) is 11.8 Å². The molecule has 0 aliphatic heterocycles. The molecule has 0 aromatic heterocycles. The van der Waals surface area contributed by atoms with Crippen LogP contribution in [-0.2, 0) is 4.79 Å². The molecular weight excluding hydrogens is 212 g/mol. The van der Waals surface area contributed by atoms with Crippen molar-refractivity contribution in [2.24, 2.45) is 0 Å². The number of carbonyl (C=O) groups excluding carboxylic acids is 1. The van der Waals surface area contributed by atoms with Gasteiger partial charge < -0.3 is 14.9 Å². The summed E-state index contributed by atoms with van der Waals surface area (Å²) in [5.41, 5.74) is 0.503. The van der Waals surface area contributed by atoms with Gasteiger partial charge in [-0.1, -0.05) is 0 Å². The summed E-state index contributed by atoms with van der Waals surface area (Å²) >= 11 is 0. The highest BCUT2D eigenvalue weighted by Crippen LogP contribution is 2.31. The lowest BCUT2D eigenvalue weighted by Gasteiger charge is -2.06. The van der Waals surface area contributed by atoms with Crippen molar-refractivity contribution in [2.45, 2.75) is 0 Å². The second-order valence-corrected chi connectivity index (χ2v) is 2.95. The predicted molar refractivity (Wildman–Crippen MR) is 56.7 cm³/mol. The van der Waals surface area contributed by atoms with Crippen LogP contribution in [0.2, 0.25) is 0 Å². The van der Waals surface area contributed by atoms with E-state index in [0.717, 1.165) is 6.08 Å². The van der Waals surface area contributed by atoms with Gasteiger partial charge in [-0.25, -0.2) is 4.79 Å². The SMILES string of the molecule is COc1cc(C=O)cc(C=CC(=O)O)c1O. The Morgan fingerprint density at radius 2 is 2.12 bits per heavy atom. The number of rotatable bonds is 4. The summed E-state index contributed by atoms with van der Waals surface area (Å²) in [5, 5.41) is 18.1. The molecule has 0 fully saturated rings. The summed E-state index contributed by atoms with van der Waals surface area (Å²) < 4.78 is 4.84. The van der Waals surface area contributed by atoms with Gasteiger partial charge in [0.25, 0.3) is 0 Å². The molecule has 0 saturated heterocycles. The topological polar surface area (TPSA) is 83.8 Å². The first-order valence-electron chi connectivity index (χ1n) is 4.35. The van der Waals surface area contributed by atoms with E-state index in [9.17, 15) is 14.7 Å². The molecule has 0 aliphatic rings. The van der Waals surface area contributed by atoms with Crippen LogP contribution in [0.25, 0.3) is 6.08 Å². The second-order valence-electron chi connectivity index (χ2n) is 2.95. The Kier molecular flexibility index (Phi) is 3.66. The molecule has 1 rings (SSSR count). The number of benzene rings is 1. The number of aliphatic carboxylic acids is 1. The van der Waals surface area contributed by atoms with Crippen molar-refractivity contribution in [3.63, 3.8) is 0 Å². The van der Waals surface area contributed by atoms with Crippen LogP contribution in [0.5, 0.6) is 11.5 Å². The van der Waals surface area contributed by atoms with E-state index in [4.69, 9.17) is 9.84 Å². The van der Waals surface area contributed by atoms with E-state index < -0.39 is 5.97 Å². The van der Waals surface area contributed by atoms with Crippen LogP contribution < -0.4 is 4.74 Å². The number of carboxylic acid groups (broad SMARTS) is 1. The molecule has 1 aromatic rings. The number of phenolic OH excluding ortho intramolecular Hbond substituents is 1. The monoisotopic (exact) mass is 222 g/mol. The van der Waals surface area contributed by atoms with Crippen molar-refractivity contribution in [1.29, 1.82) is 0 Å². The quantitative estimate of drug-likeness (QED) is 0.592. The van der Waals surface area contributed by atoms with Gasteiger partial charge in [-0.2, -0.15) is 0 Å². The summed E-state index contributed by atoms with van der Waals surface area (Å²) in [6, 6.07) is 2.73. The first-order valence-corrected chi connectivity index (χ1v) is 4.35. The van der Waals surface area contributed by atoms with Crippen molar-refractivity contribution < 1.29 is 24.5 Å². The summed E-state index contributed by atoms with van der Waals surface area (Å²) in [5.74, 6) is -1.23. The van der Waals surface area contributed by atoms with Crippen molar-refractivity contribution >= 4 is 18.3 Å². The normalized spacial score (nSPS) is 10.3. The fraction of sp³-hybridized carbons (Fsp3) is 0.0909. The maximum atomic E-state index is 10.6. The number of aromatic hydroxyl groups is 1. The molecule has 1 aromatic carbocycles. The molecule has 0 unspecified atom stereocenters. The van der Waals surface area contributed by atoms with Gasteiger partial charge in [0.2, 0.25) is 0 Å². The van der Waals surface area contributed by atoms with Gasteiger partial charge in [0.15, 0.2) is 11.5 Å². The van der Waals surface area contributed by atoms with Gasteiger partial charge in [0.05, 0.1) is 7.11 Å². The van der Waals surface area contributed by atoms with Crippen LogP contribution in [0, 0.1) is 0 Å². The summed E-state index contributed by atoms with van der Waals surface area (Å²) in [6.45, 7) is 0. The molecule has 5 heteroatoms. The lowest BCUT2D eigenvalue weighted by Crippen LogP contribution is -1.91. The maximum Gasteiger partial charge on any atom is 0.328 e. The number of aldehydes is 1. The Balaban J connectivity index is 3.26.